The van der Waals surface area contributed by atoms with Crippen LogP contribution < -0.4 is 10.5 Å². The molecule has 2 aromatic heterocycles. The molecule has 0 unspecified atom stereocenters. The number of nitrogens with zero attached hydrogens (tertiary/aromatic N) is 2. The van der Waals surface area contributed by atoms with Gasteiger partial charge < -0.3 is 14.9 Å². The topological polar surface area (TPSA) is 69.6 Å². The number of fused-ring (bicyclic) bond motifs is 1. The number of pyridine rings is 1. The first kappa shape index (κ1) is 14.4. The van der Waals surface area contributed by atoms with Gasteiger partial charge in [-0.2, -0.15) is 0 Å². The van der Waals surface area contributed by atoms with E-state index in [2.05, 4.69) is 4.98 Å². The fourth-order valence-electron chi connectivity index (χ4n) is 2.38. The number of aromatic nitrogens is 2. The number of imidazole rings is 1. The second-order valence-electron chi connectivity index (χ2n) is 4.87. The van der Waals surface area contributed by atoms with Crippen molar-refractivity contribution in [2.24, 2.45) is 5.73 Å². The summed E-state index contributed by atoms with van der Waals surface area (Å²) in [6.07, 6.45) is 3.77. The number of methoxy groups -OCH3 is 1. The molecule has 0 saturated heterocycles. The lowest BCUT2D eigenvalue weighted by Gasteiger charge is -2.08. The Morgan fingerprint density at radius 2 is 2.18 bits per heavy atom. The number of benzene rings is 1. The highest BCUT2D eigenvalue weighted by Gasteiger charge is 2.12. The maximum Gasteiger partial charge on any atom is 0.223 e. The summed E-state index contributed by atoms with van der Waals surface area (Å²) < 4.78 is 7.02. The predicted molar refractivity (Wildman–Crippen MR) is 85.1 cm³/mol. The molecule has 112 valence electrons. The average molecular weight is 316 g/mol. The van der Waals surface area contributed by atoms with Gasteiger partial charge in [-0.15, -0.1) is 0 Å². The highest BCUT2D eigenvalue weighted by molar-refractivity contribution is 6.33. The highest BCUT2D eigenvalue weighted by atomic mass is 35.5. The van der Waals surface area contributed by atoms with Crippen molar-refractivity contribution in [2.45, 2.75) is 6.42 Å². The highest BCUT2D eigenvalue weighted by Crippen LogP contribution is 2.33. The van der Waals surface area contributed by atoms with Gasteiger partial charge in [0.25, 0.3) is 0 Å². The number of carbonyl (C=O) groups excluding carboxylic acids is 1. The molecule has 3 aromatic rings. The molecular weight excluding hydrogens is 302 g/mol. The van der Waals surface area contributed by atoms with Crippen LogP contribution in [-0.2, 0) is 11.2 Å². The number of hydrogen-bond acceptors (Lipinski definition) is 3. The zero-order valence-electron chi connectivity index (χ0n) is 11.9. The maximum atomic E-state index is 11.1. The molecule has 5 nitrogen and oxygen atoms in total. The van der Waals surface area contributed by atoms with Crippen LogP contribution in [0.3, 0.4) is 0 Å². The van der Waals surface area contributed by atoms with Crippen LogP contribution >= 0.6 is 11.6 Å². The Morgan fingerprint density at radius 1 is 1.36 bits per heavy atom. The number of ether oxygens (including phenoxy) is 1. The van der Waals surface area contributed by atoms with E-state index in [4.69, 9.17) is 22.1 Å². The Bertz CT molecular complexity index is 858. The second kappa shape index (κ2) is 5.69. The molecule has 3 rings (SSSR count). The van der Waals surface area contributed by atoms with Crippen molar-refractivity contribution in [3.05, 3.63) is 53.4 Å². The van der Waals surface area contributed by atoms with Gasteiger partial charge in [-0.05, 0) is 30.3 Å². The summed E-state index contributed by atoms with van der Waals surface area (Å²) in [7, 11) is 1.59. The molecule has 0 aliphatic carbocycles. The van der Waals surface area contributed by atoms with Crippen LogP contribution in [0.4, 0.5) is 0 Å². The van der Waals surface area contributed by atoms with Crippen LogP contribution in [0.1, 0.15) is 5.69 Å². The van der Waals surface area contributed by atoms with Gasteiger partial charge >= 0.3 is 0 Å². The van der Waals surface area contributed by atoms with E-state index in [1.54, 1.807) is 19.4 Å². The molecule has 6 heteroatoms. The van der Waals surface area contributed by atoms with Crippen LogP contribution in [-0.4, -0.2) is 22.4 Å². The van der Waals surface area contributed by atoms with E-state index >= 15 is 0 Å². The van der Waals surface area contributed by atoms with E-state index in [1.807, 2.05) is 34.9 Å². The van der Waals surface area contributed by atoms with Gasteiger partial charge in [0.2, 0.25) is 5.91 Å². The molecule has 1 aromatic carbocycles. The monoisotopic (exact) mass is 315 g/mol. The number of nitrogens with two attached hydrogens (primary N) is 1. The Balaban J connectivity index is 2.14. The molecular formula is C16H14ClN3O2. The largest absolute Gasteiger partial charge is 0.497 e. The third kappa shape index (κ3) is 2.63. The van der Waals surface area contributed by atoms with Gasteiger partial charge in [0.1, 0.15) is 11.4 Å². The molecule has 2 heterocycles. The summed E-state index contributed by atoms with van der Waals surface area (Å²) >= 11 is 6.34. The summed E-state index contributed by atoms with van der Waals surface area (Å²) in [6, 6.07) is 9.33. The van der Waals surface area contributed by atoms with Crippen molar-refractivity contribution in [1.29, 1.82) is 0 Å². The van der Waals surface area contributed by atoms with Gasteiger partial charge in [-0.25, -0.2) is 4.98 Å². The van der Waals surface area contributed by atoms with Crippen LogP contribution in [0.5, 0.6) is 5.75 Å². The first-order chi connectivity index (χ1) is 10.6. The van der Waals surface area contributed by atoms with Crippen LogP contribution in [0.15, 0.2) is 42.7 Å². The number of rotatable bonds is 4. The number of halogens is 1. The van der Waals surface area contributed by atoms with E-state index in [0.29, 0.717) is 16.5 Å². The summed E-state index contributed by atoms with van der Waals surface area (Å²) in [5, 5.41) is 0.576. The third-order valence-corrected chi connectivity index (χ3v) is 3.67. The fraction of sp³-hybridized carbons (Fsp3) is 0.125. The number of hydrogen-bond donors (Lipinski definition) is 1. The van der Waals surface area contributed by atoms with Crippen molar-refractivity contribution < 1.29 is 9.53 Å². The SMILES string of the molecule is COc1ccc(-c2cccn3cc(CC(N)=O)nc23)c(Cl)c1. The Kier molecular flexibility index (Phi) is 3.73. The second-order valence-corrected chi connectivity index (χ2v) is 5.28. The minimum Gasteiger partial charge on any atom is -0.497 e. The van der Waals surface area contributed by atoms with E-state index < -0.39 is 5.91 Å². The van der Waals surface area contributed by atoms with E-state index in [0.717, 1.165) is 16.8 Å². The van der Waals surface area contributed by atoms with Crippen molar-refractivity contribution in [2.75, 3.05) is 7.11 Å². The molecule has 0 aliphatic heterocycles. The molecule has 0 bridgehead atoms. The van der Waals surface area contributed by atoms with Crippen molar-refractivity contribution in [3.63, 3.8) is 0 Å². The smallest absolute Gasteiger partial charge is 0.223 e. The molecule has 1 amide bonds. The van der Waals surface area contributed by atoms with Gasteiger partial charge in [0, 0.05) is 23.5 Å². The number of amides is 1. The molecule has 0 aliphatic rings. The first-order valence-corrected chi connectivity index (χ1v) is 7.05. The molecule has 0 radical (unpaired) electrons. The first-order valence-electron chi connectivity index (χ1n) is 6.67. The van der Waals surface area contributed by atoms with Crippen LogP contribution in [0, 0.1) is 0 Å². The maximum absolute atomic E-state index is 11.1. The van der Waals surface area contributed by atoms with E-state index in [1.165, 1.54) is 0 Å². The molecule has 22 heavy (non-hydrogen) atoms. The predicted octanol–water partition coefficient (Wildman–Crippen LogP) is 2.69. The Hall–Kier alpha value is -2.53. The van der Waals surface area contributed by atoms with Crippen molar-refractivity contribution in [3.8, 4) is 16.9 Å². The van der Waals surface area contributed by atoms with Gasteiger partial charge in [-0.3, -0.25) is 4.79 Å². The summed E-state index contributed by atoms with van der Waals surface area (Å²) in [4.78, 5) is 15.5. The van der Waals surface area contributed by atoms with Crippen molar-refractivity contribution in [1.82, 2.24) is 9.38 Å². The normalized spacial score (nSPS) is 10.8. The third-order valence-electron chi connectivity index (χ3n) is 3.35. The van der Waals surface area contributed by atoms with E-state index in [9.17, 15) is 4.79 Å². The minimum absolute atomic E-state index is 0.109. The van der Waals surface area contributed by atoms with E-state index in [-0.39, 0.29) is 6.42 Å². The van der Waals surface area contributed by atoms with Gasteiger partial charge in [0.05, 0.1) is 24.2 Å². The summed E-state index contributed by atoms with van der Waals surface area (Å²) in [5.41, 5.74) is 8.32. The molecule has 2 N–H and O–H groups in total. The van der Waals surface area contributed by atoms with Crippen LogP contribution in [0.25, 0.3) is 16.8 Å². The van der Waals surface area contributed by atoms with Gasteiger partial charge in [-0.1, -0.05) is 11.6 Å². The molecule has 0 spiro atoms. The zero-order valence-corrected chi connectivity index (χ0v) is 12.7. The quantitative estimate of drug-likeness (QED) is 0.804. The Morgan fingerprint density at radius 3 is 2.86 bits per heavy atom. The fourth-order valence-corrected chi connectivity index (χ4v) is 2.65. The lowest BCUT2D eigenvalue weighted by molar-refractivity contribution is -0.117. The van der Waals surface area contributed by atoms with Crippen LogP contribution in [0.2, 0.25) is 5.02 Å². The molecule has 0 fully saturated rings. The summed E-state index contributed by atoms with van der Waals surface area (Å²) in [5.74, 6) is 0.283. The van der Waals surface area contributed by atoms with Gasteiger partial charge in [0.15, 0.2) is 0 Å². The lowest BCUT2D eigenvalue weighted by atomic mass is 10.1. The number of carbonyl (C=O) groups is 1. The van der Waals surface area contributed by atoms with Crippen molar-refractivity contribution >= 4 is 23.2 Å². The summed E-state index contributed by atoms with van der Waals surface area (Å²) in [6.45, 7) is 0. The number of primary amides is 1. The average Bonchev–Trinajstić information content (AvgIpc) is 2.88. The lowest BCUT2D eigenvalue weighted by Crippen LogP contribution is -2.13. The molecule has 0 atom stereocenters. The zero-order chi connectivity index (χ0) is 15.7. The minimum atomic E-state index is -0.410. The Labute approximate surface area is 132 Å². The standard InChI is InChI=1S/C16H14ClN3O2/c1-22-11-4-5-12(14(17)8-11)13-3-2-6-20-9-10(7-15(18)21)19-16(13)20/h2-6,8-9H,7H2,1H3,(H2,18,21). The molecule has 0 saturated carbocycles.